The van der Waals surface area contributed by atoms with Gasteiger partial charge in [0.2, 0.25) is 0 Å². The summed E-state index contributed by atoms with van der Waals surface area (Å²) in [5.41, 5.74) is 0.541. The fourth-order valence-corrected chi connectivity index (χ4v) is 1.95. The molecule has 0 radical (unpaired) electrons. The van der Waals surface area contributed by atoms with Gasteiger partial charge in [-0.05, 0) is 18.1 Å². The van der Waals surface area contributed by atoms with Crippen molar-refractivity contribution in [2.75, 3.05) is 0 Å². The van der Waals surface area contributed by atoms with Gasteiger partial charge in [-0.2, -0.15) is 0 Å². The number of hydrogen-bond acceptors (Lipinski definition) is 3. The van der Waals surface area contributed by atoms with Crippen LogP contribution in [0.3, 0.4) is 0 Å². The van der Waals surface area contributed by atoms with E-state index in [-0.39, 0.29) is 5.92 Å². The Labute approximate surface area is 105 Å². The maximum Gasteiger partial charge on any atom is 0.152 e. The number of fused-ring (bicyclic) bond motifs is 1. The van der Waals surface area contributed by atoms with Crippen LogP contribution in [0.2, 0.25) is 5.02 Å². The number of para-hydroxylation sites is 1. The minimum atomic E-state index is -1.03. The molecule has 0 aliphatic heterocycles. The summed E-state index contributed by atoms with van der Waals surface area (Å²) in [6.45, 7) is 3.67. The van der Waals surface area contributed by atoms with Gasteiger partial charge in [0.05, 0.1) is 11.1 Å². The quantitative estimate of drug-likeness (QED) is 0.885. The molecule has 92 valence electrons. The lowest BCUT2D eigenvalue weighted by Crippen LogP contribution is -2.23. The predicted molar refractivity (Wildman–Crippen MR) is 67.0 cm³/mol. The van der Waals surface area contributed by atoms with Crippen LogP contribution in [0.5, 0.6) is 0 Å². The van der Waals surface area contributed by atoms with Crippen molar-refractivity contribution in [1.29, 1.82) is 0 Å². The van der Waals surface area contributed by atoms with Crippen molar-refractivity contribution in [2.45, 2.75) is 26.1 Å². The van der Waals surface area contributed by atoms with Crippen LogP contribution in [0.15, 0.2) is 28.7 Å². The van der Waals surface area contributed by atoms with E-state index >= 15 is 0 Å². The molecule has 0 spiro atoms. The molecule has 0 bridgehead atoms. The Kier molecular flexibility index (Phi) is 3.43. The molecule has 1 aromatic carbocycles. The highest BCUT2D eigenvalue weighted by Gasteiger charge is 2.25. The van der Waals surface area contributed by atoms with Crippen LogP contribution < -0.4 is 0 Å². The van der Waals surface area contributed by atoms with E-state index in [1.807, 2.05) is 26.0 Å². The van der Waals surface area contributed by atoms with Crippen LogP contribution >= 0.6 is 11.6 Å². The molecule has 0 aliphatic carbocycles. The molecule has 2 rings (SSSR count). The summed E-state index contributed by atoms with van der Waals surface area (Å²) >= 11 is 5.98. The summed E-state index contributed by atoms with van der Waals surface area (Å²) in [6, 6.07) is 7.10. The average molecular weight is 255 g/mol. The molecule has 17 heavy (non-hydrogen) atoms. The molecule has 0 saturated carbocycles. The first-order valence-corrected chi connectivity index (χ1v) is 5.92. The van der Waals surface area contributed by atoms with Gasteiger partial charge in [0.1, 0.15) is 11.9 Å². The summed E-state index contributed by atoms with van der Waals surface area (Å²) in [7, 11) is 0. The van der Waals surface area contributed by atoms with Gasteiger partial charge < -0.3 is 14.6 Å². The maximum atomic E-state index is 9.96. The lowest BCUT2D eigenvalue weighted by molar-refractivity contribution is -0.0197. The Bertz CT molecular complexity index is 518. The number of furan rings is 1. The van der Waals surface area contributed by atoms with E-state index in [1.165, 1.54) is 0 Å². The Hall–Kier alpha value is -1.03. The molecule has 1 heterocycles. The van der Waals surface area contributed by atoms with E-state index in [4.69, 9.17) is 16.0 Å². The van der Waals surface area contributed by atoms with E-state index in [1.54, 1.807) is 12.1 Å². The van der Waals surface area contributed by atoms with Crippen LogP contribution in [0, 0.1) is 5.92 Å². The van der Waals surface area contributed by atoms with Crippen molar-refractivity contribution in [2.24, 2.45) is 5.92 Å². The number of halogens is 1. The Morgan fingerprint density at radius 1 is 1.24 bits per heavy atom. The van der Waals surface area contributed by atoms with E-state index in [9.17, 15) is 10.2 Å². The summed E-state index contributed by atoms with van der Waals surface area (Å²) in [6.07, 6.45) is -1.88. The van der Waals surface area contributed by atoms with Gasteiger partial charge in [0.15, 0.2) is 5.58 Å². The summed E-state index contributed by atoms with van der Waals surface area (Å²) in [4.78, 5) is 0. The van der Waals surface area contributed by atoms with Gasteiger partial charge in [0, 0.05) is 5.39 Å². The van der Waals surface area contributed by atoms with Gasteiger partial charge in [-0.3, -0.25) is 0 Å². The molecule has 0 amide bonds. The molecular formula is C13H15ClO3. The van der Waals surface area contributed by atoms with E-state index in [0.717, 1.165) is 5.39 Å². The number of aliphatic hydroxyl groups excluding tert-OH is 2. The average Bonchev–Trinajstić information content (AvgIpc) is 2.72. The highest BCUT2D eigenvalue weighted by atomic mass is 35.5. The molecule has 4 heteroatoms. The Balaban J connectivity index is 2.40. The van der Waals surface area contributed by atoms with Gasteiger partial charge in [0.25, 0.3) is 0 Å². The number of benzene rings is 1. The normalized spacial score (nSPS) is 15.4. The fraction of sp³-hybridized carbons (Fsp3) is 0.385. The van der Waals surface area contributed by atoms with Crippen molar-refractivity contribution < 1.29 is 14.6 Å². The van der Waals surface area contributed by atoms with Gasteiger partial charge >= 0.3 is 0 Å². The van der Waals surface area contributed by atoms with E-state index < -0.39 is 12.2 Å². The second-order valence-electron chi connectivity index (χ2n) is 4.49. The number of rotatable bonds is 3. The number of aliphatic hydroxyl groups is 2. The third-order valence-corrected chi connectivity index (χ3v) is 3.11. The smallest absolute Gasteiger partial charge is 0.152 e. The lowest BCUT2D eigenvalue weighted by Gasteiger charge is -2.18. The number of hydrogen-bond donors (Lipinski definition) is 2. The molecule has 2 unspecified atom stereocenters. The van der Waals surface area contributed by atoms with Crippen molar-refractivity contribution in [3.8, 4) is 0 Å². The fourth-order valence-electron chi connectivity index (χ4n) is 1.73. The standard InChI is InChI=1S/C13H15ClO3/c1-7(2)11(15)12(16)10-6-8-4-3-5-9(14)13(8)17-10/h3-7,11-12,15-16H,1-2H3. The summed E-state index contributed by atoms with van der Waals surface area (Å²) in [5.74, 6) is 0.294. The molecule has 0 fully saturated rings. The molecule has 0 aliphatic rings. The van der Waals surface area contributed by atoms with Gasteiger partial charge in [-0.1, -0.05) is 37.6 Å². The largest absolute Gasteiger partial charge is 0.457 e. The predicted octanol–water partition coefficient (Wildman–Crippen LogP) is 3.14. The third-order valence-electron chi connectivity index (χ3n) is 2.81. The van der Waals surface area contributed by atoms with Crippen LogP contribution in [-0.4, -0.2) is 16.3 Å². The van der Waals surface area contributed by atoms with Crippen LogP contribution in [0.4, 0.5) is 0 Å². The molecule has 1 aromatic heterocycles. The van der Waals surface area contributed by atoms with Crippen LogP contribution in [-0.2, 0) is 0 Å². The molecule has 2 atom stereocenters. The van der Waals surface area contributed by atoms with E-state index in [2.05, 4.69) is 0 Å². The first-order chi connectivity index (χ1) is 8.00. The second-order valence-corrected chi connectivity index (χ2v) is 4.89. The zero-order valence-corrected chi connectivity index (χ0v) is 10.5. The lowest BCUT2D eigenvalue weighted by atomic mass is 10.0. The van der Waals surface area contributed by atoms with Crippen molar-refractivity contribution in [3.05, 3.63) is 35.0 Å². The summed E-state index contributed by atoms with van der Waals surface area (Å²) < 4.78 is 5.49. The van der Waals surface area contributed by atoms with Gasteiger partial charge in [-0.15, -0.1) is 0 Å². The minimum Gasteiger partial charge on any atom is -0.457 e. The first-order valence-electron chi connectivity index (χ1n) is 5.55. The van der Waals surface area contributed by atoms with Gasteiger partial charge in [-0.25, -0.2) is 0 Å². The van der Waals surface area contributed by atoms with Crippen molar-refractivity contribution in [3.63, 3.8) is 0 Å². The topological polar surface area (TPSA) is 53.6 Å². The molecule has 2 N–H and O–H groups in total. The monoisotopic (exact) mass is 254 g/mol. The molecule has 2 aromatic rings. The molecule has 0 saturated heterocycles. The minimum absolute atomic E-state index is 0.0475. The van der Waals surface area contributed by atoms with Crippen LogP contribution in [0.25, 0.3) is 11.0 Å². The molecule has 3 nitrogen and oxygen atoms in total. The highest BCUT2D eigenvalue weighted by Crippen LogP contribution is 2.31. The zero-order valence-electron chi connectivity index (χ0n) is 9.72. The van der Waals surface area contributed by atoms with Crippen molar-refractivity contribution in [1.82, 2.24) is 0 Å². The SMILES string of the molecule is CC(C)C(O)C(O)c1cc2cccc(Cl)c2o1. The highest BCUT2D eigenvalue weighted by molar-refractivity contribution is 6.34. The van der Waals surface area contributed by atoms with E-state index in [0.29, 0.717) is 16.4 Å². The third kappa shape index (κ3) is 2.32. The Morgan fingerprint density at radius 3 is 2.53 bits per heavy atom. The summed E-state index contributed by atoms with van der Waals surface area (Å²) in [5, 5.41) is 21.1. The maximum absolute atomic E-state index is 9.96. The molecular weight excluding hydrogens is 240 g/mol. The van der Waals surface area contributed by atoms with Crippen molar-refractivity contribution >= 4 is 22.6 Å². The second kappa shape index (κ2) is 4.69. The Morgan fingerprint density at radius 2 is 1.94 bits per heavy atom. The zero-order chi connectivity index (χ0) is 12.6. The first kappa shape index (κ1) is 12.4. The van der Waals surface area contributed by atoms with Crippen LogP contribution in [0.1, 0.15) is 25.7 Å².